The van der Waals surface area contributed by atoms with Gasteiger partial charge in [-0.15, -0.1) is 0 Å². The van der Waals surface area contributed by atoms with Crippen LogP contribution < -0.4 is 15.9 Å². The van der Waals surface area contributed by atoms with Crippen LogP contribution in [0.15, 0.2) is 91.0 Å². The van der Waals surface area contributed by atoms with Crippen LogP contribution in [-0.4, -0.2) is 19.4 Å². The Morgan fingerprint density at radius 3 is 1.38 bits per heavy atom. The Hall–Kier alpha value is -1.95. The molecule has 170 valence electrons. The summed E-state index contributed by atoms with van der Waals surface area (Å²) in [4.78, 5) is 0. The van der Waals surface area contributed by atoms with Crippen LogP contribution in [0.1, 0.15) is 58.3 Å². The first-order valence-electron chi connectivity index (χ1n) is 12.5. The molecule has 0 amide bonds. The fourth-order valence-electron chi connectivity index (χ4n) is 4.49. The van der Waals surface area contributed by atoms with Gasteiger partial charge in [0.15, 0.2) is 0 Å². The van der Waals surface area contributed by atoms with Gasteiger partial charge in [0.25, 0.3) is 0 Å². The first-order valence-corrected chi connectivity index (χ1v) is 14.5. The van der Waals surface area contributed by atoms with E-state index in [1.807, 2.05) is 0 Å². The number of unbranched alkanes of at least 4 members (excludes halogenated alkanes) is 6. The Balaban J connectivity index is 1.64. The van der Waals surface area contributed by atoms with Crippen molar-refractivity contribution in [2.24, 2.45) is 0 Å². The second-order valence-electron chi connectivity index (χ2n) is 8.63. The van der Waals surface area contributed by atoms with Crippen LogP contribution in [0.5, 0.6) is 0 Å². The number of hydrogen-bond donors (Lipinski definition) is 0. The van der Waals surface area contributed by atoms with Crippen LogP contribution >= 0.6 is 7.26 Å². The van der Waals surface area contributed by atoms with E-state index in [1.54, 1.807) is 0 Å². The molecule has 3 aromatic carbocycles. The third-order valence-corrected chi connectivity index (χ3v) is 10.8. The van der Waals surface area contributed by atoms with Crippen molar-refractivity contribution >= 4 is 23.2 Å². The van der Waals surface area contributed by atoms with Crippen molar-refractivity contribution in [2.75, 3.05) is 19.4 Å². The summed E-state index contributed by atoms with van der Waals surface area (Å²) in [5, 5.41) is 4.50. The zero-order valence-corrected chi connectivity index (χ0v) is 20.7. The lowest BCUT2D eigenvalue weighted by Crippen LogP contribution is -2.33. The second kappa shape index (κ2) is 14.2. The Morgan fingerprint density at radius 2 is 0.906 bits per heavy atom. The number of hydrogen-bond acceptors (Lipinski definition) is 1. The van der Waals surface area contributed by atoms with Gasteiger partial charge in [0, 0.05) is 13.2 Å². The Bertz CT molecular complexity index is 751. The zero-order valence-electron chi connectivity index (χ0n) is 19.8. The lowest BCUT2D eigenvalue weighted by atomic mass is 10.1. The highest BCUT2D eigenvalue weighted by Gasteiger charge is 2.44. The van der Waals surface area contributed by atoms with Crippen molar-refractivity contribution in [3.8, 4) is 0 Å². The third-order valence-electron chi connectivity index (χ3n) is 6.27. The molecule has 0 bridgehead atoms. The maximum atomic E-state index is 5.70. The van der Waals surface area contributed by atoms with Crippen molar-refractivity contribution in [3.63, 3.8) is 0 Å². The summed E-state index contributed by atoms with van der Waals surface area (Å²) in [6, 6.07) is 33.8. The van der Waals surface area contributed by atoms with E-state index in [-0.39, 0.29) is 0 Å². The van der Waals surface area contributed by atoms with Gasteiger partial charge in [-0.3, -0.25) is 0 Å². The fraction of sp³-hybridized carbons (Fsp3) is 0.400. The average Bonchev–Trinajstić information content (AvgIpc) is 2.87. The van der Waals surface area contributed by atoms with Crippen LogP contribution in [0.25, 0.3) is 0 Å². The highest BCUT2D eigenvalue weighted by Crippen LogP contribution is 2.55. The lowest BCUT2D eigenvalue weighted by molar-refractivity contribution is 0.127. The summed E-state index contributed by atoms with van der Waals surface area (Å²) in [5.41, 5.74) is 0. The summed E-state index contributed by atoms with van der Waals surface area (Å²) in [7, 11) is -1.65. The second-order valence-corrected chi connectivity index (χ2v) is 12.2. The normalized spacial score (nSPS) is 11.5. The molecule has 0 saturated heterocycles. The molecule has 0 spiro atoms. The summed E-state index contributed by atoms with van der Waals surface area (Å²) < 4.78 is 5.70. The van der Waals surface area contributed by atoms with E-state index in [0.29, 0.717) is 0 Å². The highest BCUT2D eigenvalue weighted by molar-refractivity contribution is 7.95. The van der Waals surface area contributed by atoms with E-state index in [0.717, 1.165) is 13.2 Å². The summed E-state index contributed by atoms with van der Waals surface area (Å²) >= 11 is 0. The first-order chi connectivity index (χ1) is 15.9. The molecular formula is C30H40OP+. The SMILES string of the molecule is CCCCOCCCCCCCC[P+](c1ccccc1)(c1ccccc1)c1ccccc1. The fourth-order valence-corrected chi connectivity index (χ4v) is 8.90. The van der Waals surface area contributed by atoms with Crippen LogP contribution in [-0.2, 0) is 4.74 Å². The molecular weight excluding hydrogens is 407 g/mol. The van der Waals surface area contributed by atoms with E-state index in [4.69, 9.17) is 4.74 Å². The topological polar surface area (TPSA) is 9.23 Å². The molecule has 0 aromatic heterocycles. The quantitative estimate of drug-likeness (QED) is 0.178. The maximum absolute atomic E-state index is 5.70. The van der Waals surface area contributed by atoms with E-state index < -0.39 is 7.26 Å². The molecule has 3 rings (SSSR count). The number of benzene rings is 3. The van der Waals surface area contributed by atoms with Gasteiger partial charge in [0.1, 0.15) is 23.2 Å². The Kier molecular flexibility index (Phi) is 11.0. The van der Waals surface area contributed by atoms with Crippen molar-refractivity contribution in [2.45, 2.75) is 58.3 Å². The summed E-state index contributed by atoms with van der Waals surface area (Å²) in [6.45, 7) is 4.08. The minimum atomic E-state index is -1.65. The van der Waals surface area contributed by atoms with Crippen molar-refractivity contribution in [3.05, 3.63) is 91.0 Å². The third kappa shape index (κ3) is 7.03. The first kappa shape index (κ1) is 24.7. The zero-order chi connectivity index (χ0) is 22.3. The van der Waals surface area contributed by atoms with Crippen molar-refractivity contribution in [1.82, 2.24) is 0 Å². The van der Waals surface area contributed by atoms with Gasteiger partial charge in [0.2, 0.25) is 0 Å². The lowest BCUT2D eigenvalue weighted by Gasteiger charge is -2.27. The van der Waals surface area contributed by atoms with Crippen molar-refractivity contribution < 1.29 is 4.74 Å². The van der Waals surface area contributed by atoms with Gasteiger partial charge in [0.05, 0.1) is 6.16 Å². The molecule has 0 aliphatic carbocycles. The van der Waals surface area contributed by atoms with Gasteiger partial charge in [-0.05, 0) is 62.1 Å². The molecule has 0 aliphatic heterocycles. The van der Waals surface area contributed by atoms with Crippen LogP contribution in [0.2, 0.25) is 0 Å². The molecule has 0 radical (unpaired) electrons. The average molecular weight is 448 g/mol. The monoisotopic (exact) mass is 447 g/mol. The molecule has 0 heterocycles. The molecule has 1 nitrogen and oxygen atoms in total. The van der Waals surface area contributed by atoms with E-state index in [2.05, 4.69) is 97.9 Å². The van der Waals surface area contributed by atoms with Crippen LogP contribution in [0, 0.1) is 0 Å². The number of ether oxygens (including phenoxy) is 1. The van der Waals surface area contributed by atoms with Gasteiger partial charge in [-0.1, -0.05) is 87.2 Å². The van der Waals surface area contributed by atoms with E-state index in [9.17, 15) is 0 Å². The van der Waals surface area contributed by atoms with Gasteiger partial charge >= 0.3 is 0 Å². The summed E-state index contributed by atoms with van der Waals surface area (Å²) in [5.74, 6) is 0. The molecule has 32 heavy (non-hydrogen) atoms. The largest absolute Gasteiger partial charge is 0.381 e. The number of rotatable bonds is 15. The van der Waals surface area contributed by atoms with E-state index >= 15 is 0 Å². The van der Waals surface area contributed by atoms with Crippen LogP contribution in [0.4, 0.5) is 0 Å². The smallest absolute Gasteiger partial charge is 0.112 e. The minimum absolute atomic E-state index is 0.931. The van der Waals surface area contributed by atoms with Gasteiger partial charge < -0.3 is 4.74 Å². The van der Waals surface area contributed by atoms with Gasteiger partial charge in [-0.25, -0.2) is 0 Å². The minimum Gasteiger partial charge on any atom is -0.381 e. The Morgan fingerprint density at radius 1 is 0.500 bits per heavy atom. The molecule has 2 heteroatoms. The molecule has 0 N–H and O–H groups in total. The Labute approximate surface area is 196 Å². The molecule has 0 saturated carbocycles. The summed E-state index contributed by atoms with van der Waals surface area (Å²) in [6.07, 6.45) is 11.4. The predicted octanol–water partition coefficient (Wildman–Crippen LogP) is 7.14. The highest BCUT2D eigenvalue weighted by atomic mass is 31.2. The maximum Gasteiger partial charge on any atom is 0.112 e. The molecule has 3 aromatic rings. The molecule has 0 unspecified atom stereocenters. The molecule has 0 aliphatic rings. The molecule has 0 atom stereocenters. The predicted molar refractivity (Wildman–Crippen MR) is 143 cm³/mol. The van der Waals surface area contributed by atoms with Gasteiger partial charge in [-0.2, -0.15) is 0 Å². The van der Waals surface area contributed by atoms with Crippen LogP contribution in [0.3, 0.4) is 0 Å². The molecule has 0 fully saturated rings. The standard InChI is InChI=1S/C30H40OP/c1-2-3-25-31-26-17-6-4-5-7-18-27-32(28-19-11-8-12-20-28,29-21-13-9-14-22-29)30-23-15-10-16-24-30/h8-16,19-24H,2-7,17-18,25-27H2,1H3/q+1. The van der Waals surface area contributed by atoms with E-state index in [1.165, 1.54) is 73.4 Å². The van der Waals surface area contributed by atoms with Crippen molar-refractivity contribution in [1.29, 1.82) is 0 Å².